The van der Waals surface area contributed by atoms with Gasteiger partial charge in [-0.1, -0.05) is 128 Å². The number of rotatable bonds is 9. The van der Waals surface area contributed by atoms with Gasteiger partial charge in [0.15, 0.2) is 0 Å². The zero-order chi connectivity index (χ0) is 44.4. The van der Waals surface area contributed by atoms with Gasteiger partial charge >= 0.3 is 5.97 Å². The van der Waals surface area contributed by atoms with Crippen LogP contribution < -0.4 is 0 Å². The number of esters is 1. The van der Waals surface area contributed by atoms with Crippen molar-refractivity contribution in [3.63, 3.8) is 0 Å². The van der Waals surface area contributed by atoms with Crippen molar-refractivity contribution in [2.75, 3.05) is 0 Å². The van der Waals surface area contributed by atoms with Crippen molar-refractivity contribution in [3.8, 4) is 5.75 Å². The highest BCUT2D eigenvalue weighted by atomic mass is 16.6. The van der Waals surface area contributed by atoms with Crippen LogP contribution in [0.25, 0.3) is 10.8 Å². The third-order valence-corrected chi connectivity index (χ3v) is 16.8. The minimum absolute atomic E-state index is 0.0455. The second-order valence-corrected chi connectivity index (χ2v) is 21.1. The number of hydrogen-bond acceptors (Lipinski definition) is 4. The van der Waals surface area contributed by atoms with Crippen LogP contribution in [0.4, 0.5) is 0 Å². The van der Waals surface area contributed by atoms with E-state index in [4.69, 9.17) is 9.84 Å². The van der Waals surface area contributed by atoms with Gasteiger partial charge in [-0.25, -0.2) is 0 Å². The summed E-state index contributed by atoms with van der Waals surface area (Å²) >= 11 is 0. The first-order valence-electron chi connectivity index (χ1n) is 24.3. The topological polar surface area (TPSA) is 66.8 Å². The molecule has 4 aromatic rings. The molecule has 0 saturated heterocycles. The van der Waals surface area contributed by atoms with Gasteiger partial charge in [-0.15, -0.1) is 0 Å². The van der Waals surface area contributed by atoms with E-state index < -0.39 is 5.60 Å². The Morgan fingerprint density at radius 3 is 1.70 bits per heavy atom. The zero-order valence-corrected chi connectivity index (χ0v) is 39.9. The minimum atomic E-state index is -0.728. The Kier molecular flexibility index (Phi) is 14.6. The number of fused-ring (bicyclic) bond motifs is 9. The van der Waals surface area contributed by atoms with Crippen LogP contribution in [0.3, 0.4) is 0 Å². The van der Waals surface area contributed by atoms with Crippen LogP contribution in [0.2, 0.25) is 0 Å². The first-order valence-corrected chi connectivity index (χ1v) is 24.3. The summed E-state index contributed by atoms with van der Waals surface area (Å²) in [6, 6.07) is 29.0. The van der Waals surface area contributed by atoms with Gasteiger partial charge in [-0.2, -0.15) is 0 Å². The van der Waals surface area contributed by atoms with Gasteiger partial charge in [0.05, 0.1) is 11.0 Å². The Hall–Kier alpha value is -3.63. The molecule has 4 bridgehead atoms. The predicted octanol–water partition coefficient (Wildman–Crippen LogP) is 15.2. The SMILES string of the molecule is CC1c2cccc3cccc(c23)C1C.CCC(C)(C)C(=O)OC1(CC)CC2CC1C1C3CCC(C3)C21.CCC(C)c1ccc(C(C)(C)O)cc1.CCC(C)c1ccc(O)cc1. The Labute approximate surface area is 370 Å². The number of hydrogen-bond donors (Lipinski definition) is 2. The minimum Gasteiger partial charge on any atom is -0.508 e. The molecule has 332 valence electrons. The third kappa shape index (κ3) is 9.66. The van der Waals surface area contributed by atoms with Crippen LogP contribution in [0.1, 0.15) is 192 Å². The van der Waals surface area contributed by atoms with Gasteiger partial charge < -0.3 is 14.9 Å². The molecule has 4 heteroatoms. The molecule has 61 heavy (non-hydrogen) atoms. The van der Waals surface area contributed by atoms with Crippen LogP contribution in [-0.4, -0.2) is 21.8 Å². The third-order valence-electron chi connectivity index (χ3n) is 16.8. The Morgan fingerprint density at radius 2 is 1.23 bits per heavy atom. The van der Waals surface area contributed by atoms with E-state index in [1.165, 1.54) is 58.7 Å². The number of carbonyl (C=O) groups is 1. The van der Waals surface area contributed by atoms with Crippen molar-refractivity contribution in [1.82, 2.24) is 0 Å². The van der Waals surface area contributed by atoms with E-state index in [0.29, 0.717) is 35.3 Å². The lowest BCUT2D eigenvalue weighted by atomic mass is 9.65. The second-order valence-electron chi connectivity index (χ2n) is 21.1. The maximum Gasteiger partial charge on any atom is 0.312 e. The Morgan fingerprint density at radius 1 is 0.721 bits per heavy atom. The quantitative estimate of drug-likeness (QED) is 0.130. The van der Waals surface area contributed by atoms with Gasteiger partial charge in [0.2, 0.25) is 0 Å². The standard InChI is InChI=1S/C20H32O2.C14H14.C13H20O.C10H14O/c1-5-19(3,4)18(21)22-20(6-2)11-14-10-15(20)17-13-8-7-12(9-13)16(14)17;1-9-10(2)13-8-4-6-11-5-3-7-12(9)14(11)13;1-5-10(2)11-6-8-12(9-7-11)13(3,4)14;1-3-8(2)9-4-6-10(11)7-5-9/h12-17H,5-11H2,1-4H3;3-10H,1-2H3;6-10,14H,5H2,1-4H3;4-8,11H,3H2,1-2H3. The molecule has 4 saturated carbocycles. The number of benzene rings is 4. The summed E-state index contributed by atoms with van der Waals surface area (Å²) in [5, 5.41) is 21.7. The summed E-state index contributed by atoms with van der Waals surface area (Å²) in [7, 11) is 0. The average Bonchev–Trinajstić information content (AvgIpc) is 4.10. The smallest absolute Gasteiger partial charge is 0.312 e. The fourth-order valence-corrected chi connectivity index (χ4v) is 12.0. The summed E-state index contributed by atoms with van der Waals surface area (Å²) in [5.41, 5.74) is 5.50. The summed E-state index contributed by atoms with van der Waals surface area (Å²) in [5.74, 6) is 8.30. The maximum atomic E-state index is 12.7. The fraction of sp³-hybridized carbons (Fsp3) is 0.596. The van der Waals surface area contributed by atoms with Crippen molar-refractivity contribution in [2.45, 2.75) is 176 Å². The molecule has 0 heterocycles. The normalized spacial score (nSPS) is 28.7. The number of phenols is 1. The molecule has 9 rings (SSSR count). The molecule has 4 fully saturated rings. The van der Waals surface area contributed by atoms with Crippen LogP contribution in [0.5, 0.6) is 5.75 Å². The molecule has 4 aromatic carbocycles. The van der Waals surface area contributed by atoms with Gasteiger partial charge in [0.25, 0.3) is 0 Å². The molecule has 11 unspecified atom stereocenters. The van der Waals surface area contributed by atoms with Crippen molar-refractivity contribution >= 4 is 16.7 Å². The van der Waals surface area contributed by atoms with E-state index in [2.05, 4.69) is 104 Å². The maximum absolute atomic E-state index is 12.7. The molecule has 11 atom stereocenters. The average molecular weight is 829 g/mol. The Balaban J connectivity index is 0.000000141. The lowest BCUT2D eigenvalue weighted by Crippen LogP contribution is -2.49. The molecule has 0 spiro atoms. The molecule has 5 aliphatic rings. The summed E-state index contributed by atoms with van der Waals surface area (Å²) in [6.45, 7) is 25.5. The van der Waals surface area contributed by atoms with Crippen molar-refractivity contribution in [1.29, 1.82) is 0 Å². The number of aromatic hydroxyl groups is 1. The van der Waals surface area contributed by atoms with E-state index in [1.54, 1.807) is 12.1 Å². The molecular weight excluding hydrogens is 749 g/mol. The lowest BCUT2D eigenvalue weighted by molar-refractivity contribution is -0.183. The van der Waals surface area contributed by atoms with Gasteiger partial charge in [0.1, 0.15) is 11.4 Å². The number of aliphatic hydroxyl groups is 1. The predicted molar refractivity (Wildman–Crippen MR) is 255 cm³/mol. The first kappa shape index (κ1) is 46.9. The monoisotopic (exact) mass is 829 g/mol. The summed E-state index contributed by atoms with van der Waals surface area (Å²) < 4.78 is 6.31. The Bertz CT molecular complexity index is 2010. The largest absolute Gasteiger partial charge is 0.508 e. The fourth-order valence-electron chi connectivity index (χ4n) is 12.0. The van der Waals surface area contributed by atoms with E-state index in [1.807, 2.05) is 52.0 Å². The first-order chi connectivity index (χ1) is 28.9. The van der Waals surface area contributed by atoms with E-state index in [9.17, 15) is 9.90 Å². The molecular formula is C57H80O4. The van der Waals surface area contributed by atoms with Gasteiger partial charge in [0, 0.05) is 5.92 Å². The van der Waals surface area contributed by atoms with Crippen LogP contribution in [-0.2, 0) is 15.1 Å². The van der Waals surface area contributed by atoms with Crippen molar-refractivity contribution in [3.05, 3.63) is 113 Å². The van der Waals surface area contributed by atoms with E-state index >= 15 is 0 Å². The van der Waals surface area contributed by atoms with Crippen molar-refractivity contribution < 1.29 is 19.7 Å². The summed E-state index contributed by atoms with van der Waals surface area (Å²) in [4.78, 5) is 12.7. The molecule has 2 N–H and O–H groups in total. The molecule has 0 amide bonds. The zero-order valence-electron chi connectivity index (χ0n) is 39.9. The van der Waals surface area contributed by atoms with Crippen LogP contribution in [0.15, 0.2) is 84.9 Å². The lowest BCUT2D eigenvalue weighted by Gasteiger charge is -2.46. The van der Waals surface area contributed by atoms with Gasteiger partial charge in [-0.05, 0) is 189 Å². The van der Waals surface area contributed by atoms with Gasteiger partial charge in [-0.3, -0.25) is 4.79 Å². The number of ether oxygens (including phenoxy) is 1. The highest BCUT2D eigenvalue weighted by molar-refractivity contribution is 5.92. The highest BCUT2D eigenvalue weighted by Crippen LogP contribution is 2.71. The molecule has 0 aliphatic heterocycles. The summed E-state index contributed by atoms with van der Waals surface area (Å²) in [6.07, 6.45) is 11.1. The molecule has 0 aromatic heterocycles. The molecule has 0 radical (unpaired) electrons. The van der Waals surface area contributed by atoms with E-state index in [0.717, 1.165) is 67.3 Å². The number of phenolic OH excluding ortho intramolecular Hbond substituents is 1. The van der Waals surface area contributed by atoms with E-state index in [-0.39, 0.29) is 17.0 Å². The highest BCUT2D eigenvalue weighted by Gasteiger charge is 2.68. The van der Waals surface area contributed by atoms with Crippen LogP contribution in [0, 0.1) is 40.9 Å². The number of carbonyl (C=O) groups excluding carboxylic acids is 1. The molecule has 4 nitrogen and oxygen atoms in total. The van der Waals surface area contributed by atoms with Crippen LogP contribution >= 0.6 is 0 Å². The van der Waals surface area contributed by atoms with Crippen molar-refractivity contribution in [2.24, 2.45) is 40.9 Å². The molecule has 5 aliphatic carbocycles. The second kappa shape index (κ2) is 19.0.